The molecule has 0 saturated carbocycles. The third-order valence-electron chi connectivity index (χ3n) is 5.19. The van der Waals surface area contributed by atoms with Gasteiger partial charge in [0.05, 0.1) is 40.4 Å². The number of hydrogen-bond donors (Lipinski definition) is 2. The van der Waals surface area contributed by atoms with Gasteiger partial charge in [-0.25, -0.2) is 0 Å². The number of carbonyl (C=O) groups excluding carboxylic acids is 1. The maximum atomic E-state index is 12.4. The van der Waals surface area contributed by atoms with Crippen LogP contribution >= 0.6 is 0 Å². The van der Waals surface area contributed by atoms with E-state index in [4.69, 9.17) is 9.47 Å². The monoisotopic (exact) mass is 405 g/mol. The second-order valence-electron chi connectivity index (χ2n) is 7.42. The van der Waals surface area contributed by atoms with Crippen molar-refractivity contribution < 1.29 is 19.2 Å². The molecule has 156 valence electrons. The lowest BCUT2D eigenvalue weighted by molar-refractivity contribution is -0.890. The van der Waals surface area contributed by atoms with Crippen molar-refractivity contribution in [1.29, 1.82) is 0 Å². The lowest BCUT2D eigenvalue weighted by Crippen LogP contribution is -3.07. The van der Waals surface area contributed by atoms with Gasteiger partial charge in [-0.3, -0.25) is 4.79 Å². The second kappa shape index (κ2) is 9.94. The van der Waals surface area contributed by atoms with Gasteiger partial charge in [-0.15, -0.1) is 0 Å². The minimum Gasteiger partial charge on any atom is -0.497 e. The van der Waals surface area contributed by atoms with E-state index in [9.17, 15) is 4.79 Å². The average molecular weight is 406 g/mol. The molecule has 0 radical (unpaired) electrons. The highest BCUT2D eigenvalue weighted by atomic mass is 16.5. The van der Waals surface area contributed by atoms with Crippen molar-refractivity contribution in [3.05, 3.63) is 77.9 Å². The maximum absolute atomic E-state index is 12.4. The first kappa shape index (κ1) is 21.4. The Bertz CT molecular complexity index is 1040. The van der Waals surface area contributed by atoms with Gasteiger partial charge < -0.3 is 19.7 Å². The van der Waals surface area contributed by atoms with Crippen LogP contribution in [0.2, 0.25) is 0 Å². The lowest BCUT2D eigenvalue weighted by Gasteiger charge is -2.23. The van der Waals surface area contributed by atoms with E-state index in [1.807, 2.05) is 60.7 Å². The maximum Gasteiger partial charge on any atom is 0.244 e. The van der Waals surface area contributed by atoms with Crippen molar-refractivity contribution in [1.82, 2.24) is 5.32 Å². The summed E-state index contributed by atoms with van der Waals surface area (Å²) >= 11 is 0. The predicted molar refractivity (Wildman–Crippen MR) is 121 cm³/mol. The van der Waals surface area contributed by atoms with E-state index in [1.165, 1.54) is 4.90 Å². The van der Waals surface area contributed by atoms with E-state index < -0.39 is 0 Å². The number of ether oxygens (including phenoxy) is 2. The topological polar surface area (TPSA) is 52.0 Å². The highest BCUT2D eigenvalue weighted by Gasteiger charge is 2.21. The molecule has 0 saturated heterocycles. The number of rotatable bonds is 8. The smallest absolute Gasteiger partial charge is 0.244 e. The fourth-order valence-corrected chi connectivity index (χ4v) is 3.49. The van der Waals surface area contributed by atoms with Crippen molar-refractivity contribution in [2.45, 2.75) is 6.04 Å². The highest BCUT2D eigenvalue weighted by Crippen LogP contribution is 2.23. The Morgan fingerprint density at radius 3 is 2.47 bits per heavy atom. The molecule has 3 aromatic carbocycles. The van der Waals surface area contributed by atoms with Crippen LogP contribution in [0.15, 0.2) is 66.7 Å². The Kier molecular flexibility index (Phi) is 7.09. The fraction of sp³-hybridized carbons (Fsp3) is 0.240. The van der Waals surface area contributed by atoms with Crippen molar-refractivity contribution in [2.75, 3.05) is 34.9 Å². The van der Waals surface area contributed by atoms with Gasteiger partial charge in [0.2, 0.25) is 5.91 Å². The Labute approximate surface area is 177 Å². The number of fused-ring (bicyclic) bond motifs is 1. The van der Waals surface area contributed by atoms with E-state index in [-0.39, 0.29) is 11.9 Å². The third kappa shape index (κ3) is 5.19. The van der Waals surface area contributed by atoms with Gasteiger partial charge in [-0.2, -0.15) is 0 Å². The van der Waals surface area contributed by atoms with E-state index in [0.29, 0.717) is 6.54 Å². The number of nitrogens with one attached hydrogen (secondary N) is 2. The normalized spacial score (nSPS) is 12.3. The molecule has 3 rings (SSSR count). The molecule has 5 heteroatoms. The van der Waals surface area contributed by atoms with Crippen molar-refractivity contribution >= 4 is 22.8 Å². The minimum atomic E-state index is -0.119. The van der Waals surface area contributed by atoms with Gasteiger partial charge in [0.15, 0.2) is 0 Å². The summed E-state index contributed by atoms with van der Waals surface area (Å²) in [6.07, 6.45) is 3.41. The van der Waals surface area contributed by atoms with Crippen LogP contribution in [0, 0.1) is 0 Å². The number of para-hydroxylation sites is 1. The predicted octanol–water partition coefficient (Wildman–Crippen LogP) is 2.87. The molecule has 0 unspecified atom stereocenters. The van der Waals surface area contributed by atoms with Gasteiger partial charge in [0.1, 0.15) is 17.5 Å². The van der Waals surface area contributed by atoms with Crippen LogP contribution in [0.25, 0.3) is 16.8 Å². The highest BCUT2D eigenvalue weighted by molar-refractivity contribution is 5.93. The molecule has 0 aliphatic heterocycles. The summed E-state index contributed by atoms with van der Waals surface area (Å²) in [6, 6.07) is 20.1. The van der Waals surface area contributed by atoms with Gasteiger partial charge in [-0.1, -0.05) is 30.3 Å². The van der Waals surface area contributed by atoms with Gasteiger partial charge in [0, 0.05) is 6.08 Å². The van der Waals surface area contributed by atoms with E-state index in [2.05, 4.69) is 25.5 Å². The number of methoxy groups -OCH3 is 2. The summed E-state index contributed by atoms with van der Waals surface area (Å²) in [5.41, 5.74) is 2.05. The number of likely N-dealkylation sites (N-methyl/N-ethyl adjacent to an activating group) is 1. The molecule has 30 heavy (non-hydrogen) atoms. The molecule has 0 fully saturated rings. The summed E-state index contributed by atoms with van der Waals surface area (Å²) in [4.78, 5) is 13.6. The number of quaternary nitrogens is 1. The Hall–Kier alpha value is -3.31. The molecule has 0 heterocycles. The van der Waals surface area contributed by atoms with Crippen LogP contribution in [0.4, 0.5) is 0 Å². The van der Waals surface area contributed by atoms with Gasteiger partial charge in [-0.05, 0) is 52.7 Å². The van der Waals surface area contributed by atoms with Crippen LogP contribution in [-0.4, -0.2) is 40.8 Å². The summed E-state index contributed by atoms with van der Waals surface area (Å²) < 4.78 is 10.8. The van der Waals surface area contributed by atoms with Crippen LogP contribution < -0.4 is 19.7 Å². The Morgan fingerprint density at radius 2 is 1.73 bits per heavy atom. The van der Waals surface area contributed by atoms with Gasteiger partial charge >= 0.3 is 0 Å². The molecule has 0 aromatic heterocycles. The summed E-state index contributed by atoms with van der Waals surface area (Å²) in [6.45, 7) is 0.517. The van der Waals surface area contributed by atoms with E-state index in [1.54, 1.807) is 20.3 Å². The first-order valence-corrected chi connectivity index (χ1v) is 9.98. The fourth-order valence-electron chi connectivity index (χ4n) is 3.49. The standard InChI is InChI=1S/C25H28N2O3/c1-27(2)23(22-7-5-6-8-24(22)30-4)17-26-25(28)14-10-18-9-11-20-16-21(29-3)13-12-19(20)15-18/h5-16,23H,17H2,1-4H3,(H,26,28)/p+1/b14-10+/t23-/m0/s1. The summed E-state index contributed by atoms with van der Waals surface area (Å²) in [7, 11) is 7.47. The largest absolute Gasteiger partial charge is 0.497 e. The quantitative estimate of drug-likeness (QED) is 0.567. The SMILES string of the molecule is COc1ccc2cc(/C=C/C(=O)NC[C@@H](c3ccccc3OC)[NH+](C)C)ccc2c1. The average Bonchev–Trinajstić information content (AvgIpc) is 2.77. The molecule has 1 amide bonds. The summed E-state index contributed by atoms with van der Waals surface area (Å²) in [5, 5.41) is 5.22. The molecule has 0 bridgehead atoms. The Balaban J connectivity index is 1.66. The number of benzene rings is 3. The van der Waals surface area contributed by atoms with E-state index >= 15 is 0 Å². The zero-order valence-corrected chi connectivity index (χ0v) is 17.9. The molecule has 0 spiro atoms. The minimum absolute atomic E-state index is 0.0918. The first-order chi connectivity index (χ1) is 14.5. The number of carbonyl (C=O) groups is 1. The zero-order valence-electron chi connectivity index (χ0n) is 17.9. The number of amides is 1. The van der Waals surface area contributed by atoms with Crippen molar-refractivity contribution in [3.63, 3.8) is 0 Å². The molecule has 2 N–H and O–H groups in total. The van der Waals surface area contributed by atoms with Gasteiger partial charge in [0.25, 0.3) is 0 Å². The van der Waals surface area contributed by atoms with Crippen molar-refractivity contribution in [3.8, 4) is 11.5 Å². The third-order valence-corrected chi connectivity index (χ3v) is 5.19. The molecular weight excluding hydrogens is 376 g/mol. The molecule has 0 aliphatic rings. The van der Waals surface area contributed by atoms with Crippen LogP contribution in [0.5, 0.6) is 11.5 Å². The van der Waals surface area contributed by atoms with E-state index in [0.717, 1.165) is 33.4 Å². The van der Waals surface area contributed by atoms with Crippen LogP contribution in [0.3, 0.4) is 0 Å². The molecule has 0 aliphatic carbocycles. The zero-order chi connectivity index (χ0) is 21.5. The van der Waals surface area contributed by atoms with Crippen LogP contribution in [0.1, 0.15) is 17.2 Å². The molecular formula is C25H29N2O3+. The Morgan fingerprint density at radius 1 is 1.00 bits per heavy atom. The molecule has 5 nitrogen and oxygen atoms in total. The number of hydrogen-bond acceptors (Lipinski definition) is 3. The van der Waals surface area contributed by atoms with Crippen molar-refractivity contribution in [2.24, 2.45) is 0 Å². The molecule has 3 aromatic rings. The molecule has 1 atom stereocenters. The van der Waals surface area contributed by atoms with Crippen LogP contribution in [-0.2, 0) is 4.79 Å². The lowest BCUT2D eigenvalue weighted by atomic mass is 10.0. The first-order valence-electron chi connectivity index (χ1n) is 9.98. The summed E-state index contributed by atoms with van der Waals surface area (Å²) in [5.74, 6) is 1.55. The second-order valence-corrected chi connectivity index (χ2v) is 7.42.